The van der Waals surface area contributed by atoms with Gasteiger partial charge in [0.25, 0.3) is 0 Å². The summed E-state index contributed by atoms with van der Waals surface area (Å²) in [6.07, 6.45) is 2.45. The summed E-state index contributed by atoms with van der Waals surface area (Å²) >= 11 is 10.4. The maximum Gasteiger partial charge on any atom is 0.189 e. The van der Waals surface area contributed by atoms with Gasteiger partial charge < -0.3 is 15.4 Å². The molecule has 0 bridgehead atoms. The Morgan fingerprint density at radius 1 is 1.29 bits per heavy atom. The molecular formula is C14H20N4OS2. The Hall–Kier alpha value is -1.44. The fraction of sp³-hybridized carbons (Fsp3) is 0.429. The molecule has 1 atom stereocenters. The van der Waals surface area contributed by atoms with E-state index in [1.54, 1.807) is 0 Å². The number of thiocarbonyl (C=S) groups is 2. The Bertz CT molecular complexity index is 504. The van der Waals surface area contributed by atoms with Crippen LogP contribution < -0.4 is 21.5 Å². The monoisotopic (exact) mass is 324 g/mol. The molecule has 0 spiro atoms. The largest absolute Gasteiger partial charge is 0.376 e. The van der Waals surface area contributed by atoms with E-state index >= 15 is 0 Å². The van der Waals surface area contributed by atoms with Crippen molar-refractivity contribution >= 4 is 40.3 Å². The van der Waals surface area contributed by atoms with Crippen molar-refractivity contribution in [3.05, 3.63) is 29.8 Å². The molecule has 21 heavy (non-hydrogen) atoms. The van der Waals surface area contributed by atoms with Crippen LogP contribution in [-0.2, 0) is 4.74 Å². The molecule has 1 aliphatic rings. The number of hydrogen-bond acceptors (Lipinski definition) is 3. The van der Waals surface area contributed by atoms with E-state index in [0.717, 1.165) is 25.1 Å². The summed E-state index contributed by atoms with van der Waals surface area (Å²) < 4.78 is 5.51. The van der Waals surface area contributed by atoms with Crippen LogP contribution in [0.4, 0.5) is 5.69 Å². The number of anilines is 1. The topological polar surface area (TPSA) is 57.3 Å². The van der Waals surface area contributed by atoms with Gasteiger partial charge in [-0.2, -0.15) is 0 Å². The summed E-state index contributed by atoms with van der Waals surface area (Å²) in [5.74, 6) is 0. The normalized spacial score (nSPS) is 17.1. The molecule has 1 saturated heterocycles. The molecule has 1 fully saturated rings. The first-order valence-corrected chi connectivity index (χ1v) is 7.74. The van der Waals surface area contributed by atoms with Gasteiger partial charge in [-0.05, 0) is 61.9 Å². The minimum absolute atomic E-state index is 0.252. The van der Waals surface area contributed by atoms with Gasteiger partial charge in [-0.25, -0.2) is 0 Å². The van der Waals surface area contributed by atoms with E-state index < -0.39 is 0 Å². The van der Waals surface area contributed by atoms with Gasteiger partial charge in [0.1, 0.15) is 0 Å². The van der Waals surface area contributed by atoms with E-state index in [1.807, 2.05) is 31.2 Å². The number of benzene rings is 1. The molecule has 5 nitrogen and oxygen atoms in total. The van der Waals surface area contributed by atoms with Gasteiger partial charge in [0.05, 0.1) is 6.10 Å². The Labute approximate surface area is 135 Å². The highest BCUT2D eigenvalue weighted by atomic mass is 32.1. The number of aryl methyl sites for hydroxylation is 1. The van der Waals surface area contributed by atoms with Gasteiger partial charge >= 0.3 is 0 Å². The quantitative estimate of drug-likeness (QED) is 0.500. The molecule has 0 saturated carbocycles. The van der Waals surface area contributed by atoms with Crippen LogP contribution in [0.1, 0.15) is 18.4 Å². The lowest BCUT2D eigenvalue weighted by atomic mass is 10.2. The molecule has 0 amide bonds. The van der Waals surface area contributed by atoms with E-state index in [9.17, 15) is 0 Å². The molecule has 1 heterocycles. The van der Waals surface area contributed by atoms with Crippen LogP contribution in [0.25, 0.3) is 0 Å². The number of ether oxygens (including phenoxy) is 1. The van der Waals surface area contributed by atoms with Crippen LogP contribution in [-0.4, -0.2) is 29.5 Å². The Kier molecular flexibility index (Phi) is 6.16. The SMILES string of the molecule is Cc1cccc(NC(=S)NNC(=S)NC[C@@H]2CCCO2)c1. The number of rotatable bonds is 3. The van der Waals surface area contributed by atoms with Crippen LogP contribution in [0, 0.1) is 6.92 Å². The van der Waals surface area contributed by atoms with Crippen LogP contribution in [0.15, 0.2) is 24.3 Å². The maximum atomic E-state index is 5.51. The highest BCUT2D eigenvalue weighted by molar-refractivity contribution is 7.80. The molecular weight excluding hydrogens is 304 g/mol. The first kappa shape index (κ1) is 15.9. The summed E-state index contributed by atoms with van der Waals surface area (Å²) in [7, 11) is 0. The van der Waals surface area contributed by atoms with Crippen molar-refractivity contribution in [3.8, 4) is 0 Å². The standard InChI is InChI=1S/C14H20N4OS2/c1-10-4-2-5-11(8-10)16-14(21)18-17-13(20)15-9-12-6-3-7-19-12/h2,4-5,8,12H,3,6-7,9H2,1H3,(H2,15,17,20)(H2,16,18,21)/t12-/m0/s1. The minimum Gasteiger partial charge on any atom is -0.376 e. The van der Waals surface area contributed by atoms with Crippen molar-refractivity contribution in [3.63, 3.8) is 0 Å². The molecule has 0 aromatic heterocycles. The van der Waals surface area contributed by atoms with Crippen molar-refractivity contribution in [2.45, 2.75) is 25.9 Å². The second kappa shape index (κ2) is 8.11. The third-order valence-corrected chi connectivity index (χ3v) is 3.53. The van der Waals surface area contributed by atoms with E-state index in [0.29, 0.717) is 16.8 Å². The van der Waals surface area contributed by atoms with Crippen molar-refractivity contribution < 1.29 is 4.74 Å². The Morgan fingerprint density at radius 3 is 2.81 bits per heavy atom. The molecule has 1 aliphatic heterocycles. The second-order valence-electron chi connectivity index (χ2n) is 4.92. The molecule has 1 aromatic rings. The van der Waals surface area contributed by atoms with Crippen LogP contribution in [0.5, 0.6) is 0 Å². The first-order valence-electron chi connectivity index (χ1n) is 6.92. The summed E-state index contributed by atoms with van der Waals surface area (Å²) in [5.41, 5.74) is 7.81. The number of hydrogen-bond donors (Lipinski definition) is 4. The summed E-state index contributed by atoms with van der Waals surface area (Å²) in [6.45, 7) is 3.59. The summed E-state index contributed by atoms with van der Waals surface area (Å²) in [5, 5.41) is 7.14. The molecule has 4 N–H and O–H groups in total. The number of hydrazine groups is 1. The van der Waals surface area contributed by atoms with Gasteiger partial charge in [-0.3, -0.25) is 10.9 Å². The van der Waals surface area contributed by atoms with Crippen molar-refractivity contribution in [1.29, 1.82) is 0 Å². The van der Waals surface area contributed by atoms with E-state index in [1.165, 1.54) is 5.56 Å². The minimum atomic E-state index is 0.252. The third kappa shape index (κ3) is 5.82. The predicted octanol–water partition coefficient (Wildman–Crippen LogP) is 1.84. The van der Waals surface area contributed by atoms with Crippen molar-refractivity contribution in [2.24, 2.45) is 0 Å². The maximum absolute atomic E-state index is 5.51. The second-order valence-corrected chi connectivity index (χ2v) is 5.74. The van der Waals surface area contributed by atoms with Gasteiger partial charge in [-0.15, -0.1) is 0 Å². The summed E-state index contributed by atoms with van der Waals surface area (Å²) in [6, 6.07) is 7.97. The Morgan fingerprint density at radius 2 is 2.10 bits per heavy atom. The average molecular weight is 324 g/mol. The van der Waals surface area contributed by atoms with Crippen LogP contribution in [0.3, 0.4) is 0 Å². The third-order valence-electron chi connectivity index (χ3n) is 3.08. The zero-order valence-corrected chi connectivity index (χ0v) is 13.6. The van der Waals surface area contributed by atoms with Crippen molar-refractivity contribution in [2.75, 3.05) is 18.5 Å². The lowest BCUT2D eigenvalue weighted by molar-refractivity contribution is 0.114. The highest BCUT2D eigenvalue weighted by Gasteiger charge is 2.15. The van der Waals surface area contributed by atoms with Gasteiger partial charge in [-0.1, -0.05) is 12.1 Å². The average Bonchev–Trinajstić information content (AvgIpc) is 2.96. The number of nitrogens with one attached hydrogen (secondary N) is 4. The fourth-order valence-electron chi connectivity index (χ4n) is 2.05. The predicted molar refractivity (Wildman–Crippen MR) is 93.2 cm³/mol. The van der Waals surface area contributed by atoms with E-state index in [4.69, 9.17) is 29.2 Å². The fourth-order valence-corrected chi connectivity index (χ4v) is 2.36. The molecule has 0 radical (unpaired) electrons. The molecule has 114 valence electrons. The zero-order valence-electron chi connectivity index (χ0n) is 11.9. The summed E-state index contributed by atoms with van der Waals surface area (Å²) in [4.78, 5) is 0. The first-order chi connectivity index (χ1) is 10.1. The van der Waals surface area contributed by atoms with Crippen LogP contribution >= 0.6 is 24.4 Å². The molecule has 7 heteroatoms. The smallest absolute Gasteiger partial charge is 0.189 e. The van der Waals surface area contributed by atoms with Gasteiger partial charge in [0.2, 0.25) is 0 Å². The van der Waals surface area contributed by atoms with Gasteiger partial charge in [0.15, 0.2) is 10.2 Å². The van der Waals surface area contributed by atoms with Gasteiger partial charge in [0, 0.05) is 18.8 Å². The molecule has 0 unspecified atom stereocenters. The lowest BCUT2D eigenvalue weighted by Gasteiger charge is -2.16. The zero-order chi connectivity index (χ0) is 15.1. The van der Waals surface area contributed by atoms with E-state index in [2.05, 4.69) is 21.5 Å². The molecule has 2 rings (SSSR count). The highest BCUT2D eigenvalue weighted by Crippen LogP contribution is 2.10. The van der Waals surface area contributed by atoms with Crippen LogP contribution in [0.2, 0.25) is 0 Å². The lowest BCUT2D eigenvalue weighted by Crippen LogP contribution is -2.49. The van der Waals surface area contributed by atoms with Crippen molar-refractivity contribution in [1.82, 2.24) is 16.2 Å². The molecule has 1 aromatic carbocycles. The molecule has 0 aliphatic carbocycles. The van der Waals surface area contributed by atoms with E-state index in [-0.39, 0.29) is 6.10 Å². The Balaban J connectivity index is 1.64.